The van der Waals surface area contributed by atoms with Gasteiger partial charge in [0.05, 0.1) is 32.5 Å². The summed E-state index contributed by atoms with van der Waals surface area (Å²) in [6.07, 6.45) is 1.85. The fraction of sp³-hybridized carbons (Fsp3) is 0.429. The van der Waals surface area contributed by atoms with Crippen molar-refractivity contribution in [3.8, 4) is 16.2 Å². The van der Waals surface area contributed by atoms with Crippen molar-refractivity contribution in [3.05, 3.63) is 40.8 Å². The van der Waals surface area contributed by atoms with Crippen LogP contribution in [-0.4, -0.2) is 56.8 Å². The second-order valence-electron chi connectivity index (χ2n) is 6.47. The molecular weight excluding hydrogens is 378 g/mol. The summed E-state index contributed by atoms with van der Waals surface area (Å²) in [5, 5.41) is 0. The van der Waals surface area contributed by atoms with Gasteiger partial charge < -0.3 is 19.1 Å². The van der Waals surface area contributed by atoms with Gasteiger partial charge >= 0.3 is 5.97 Å². The van der Waals surface area contributed by atoms with E-state index in [2.05, 4.69) is 6.92 Å². The van der Waals surface area contributed by atoms with E-state index in [0.717, 1.165) is 23.3 Å². The van der Waals surface area contributed by atoms with Gasteiger partial charge in [0.1, 0.15) is 10.6 Å². The van der Waals surface area contributed by atoms with Gasteiger partial charge in [-0.15, -0.1) is 11.3 Å². The summed E-state index contributed by atoms with van der Waals surface area (Å²) in [7, 11) is 1.56. The largest absolute Gasteiger partial charge is 0.496 e. The van der Waals surface area contributed by atoms with E-state index in [0.29, 0.717) is 49.1 Å². The van der Waals surface area contributed by atoms with Gasteiger partial charge in [0.15, 0.2) is 0 Å². The smallest absolute Gasteiger partial charge is 0.348 e. The topological polar surface area (TPSA) is 65.1 Å². The van der Waals surface area contributed by atoms with Gasteiger partial charge in [-0.2, -0.15) is 0 Å². The van der Waals surface area contributed by atoms with Crippen molar-refractivity contribution in [3.63, 3.8) is 0 Å². The van der Waals surface area contributed by atoms with Gasteiger partial charge in [-0.05, 0) is 36.2 Å². The number of benzene rings is 1. The zero-order valence-corrected chi connectivity index (χ0v) is 17.0. The average molecular weight is 404 g/mol. The van der Waals surface area contributed by atoms with Crippen LogP contribution >= 0.6 is 11.3 Å². The molecular formula is C21H25NO5S. The lowest BCUT2D eigenvalue weighted by Gasteiger charge is -2.27. The Morgan fingerprint density at radius 3 is 2.68 bits per heavy atom. The summed E-state index contributed by atoms with van der Waals surface area (Å²) in [6, 6.07) is 9.16. The highest BCUT2D eigenvalue weighted by atomic mass is 32.1. The van der Waals surface area contributed by atoms with Gasteiger partial charge in [0.2, 0.25) is 0 Å². The normalized spacial score (nSPS) is 14.0. The van der Waals surface area contributed by atoms with E-state index in [1.807, 2.05) is 18.2 Å². The number of thiophene rings is 1. The van der Waals surface area contributed by atoms with E-state index in [-0.39, 0.29) is 11.9 Å². The van der Waals surface area contributed by atoms with Crippen LogP contribution in [0.5, 0.6) is 5.75 Å². The van der Waals surface area contributed by atoms with Crippen molar-refractivity contribution in [2.45, 2.75) is 19.8 Å². The number of unbranched alkanes of at least 4 members (excludes halogenated alkanes) is 1. The van der Waals surface area contributed by atoms with Crippen LogP contribution < -0.4 is 4.74 Å². The zero-order chi connectivity index (χ0) is 19.9. The van der Waals surface area contributed by atoms with Crippen LogP contribution in [0.2, 0.25) is 0 Å². The fourth-order valence-corrected chi connectivity index (χ4v) is 3.84. The first-order valence-corrected chi connectivity index (χ1v) is 10.3. The molecule has 2 heterocycles. The summed E-state index contributed by atoms with van der Waals surface area (Å²) >= 11 is 1.37. The molecule has 1 fully saturated rings. The van der Waals surface area contributed by atoms with Crippen LogP contribution in [0.25, 0.3) is 10.4 Å². The number of nitrogens with zero attached hydrogens (tertiary/aromatic N) is 1. The molecule has 7 heteroatoms. The van der Waals surface area contributed by atoms with E-state index in [1.54, 1.807) is 24.1 Å². The number of ether oxygens (including phenoxy) is 3. The highest BCUT2D eigenvalue weighted by molar-refractivity contribution is 7.17. The van der Waals surface area contributed by atoms with E-state index in [4.69, 9.17) is 14.2 Å². The number of carbonyl (C=O) groups is 2. The van der Waals surface area contributed by atoms with Crippen LogP contribution in [0.15, 0.2) is 30.3 Å². The molecule has 0 unspecified atom stereocenters. The SMILES string of the molecule is CCCCOC(=O)c1ccc(-c2ccc(C(=O)N3CCOCC3)c(OC)c2)s1. The molecule has 3 rings (SSSR count). The first-order valence-electron chi connectivity index (χ1n) is 9.46. The Labute approximate surface area is 169 Å². The zero-order valence-electron chi connectivity index (χ0n) is 16.2. The lowest BCUT2D eigenvalue weighted by atomic mass is 10.1. The summed E-state index contributed by atoms with van der Waals surface area (Å²) < 4.78 is 16.1. The Kier molecular flexibility index (Phi) is 7.06. The van der Waals surface area contributed by atoms with Crippen molar-refractivity contribution in [2.75, 3.05) is 40.0 Å². The molecule has 1 aliphatic rings. The van der Waals surface area contributed by atoms with Gasteiger partial charge in [-0.25, -0.2) is 4.79 Å². The number of rotatable bonds is 7. The average Bonchev–Trinajstić information content (AvgIpc) is 3.24. The minimum atomic E-state index is -0.296. The van der Waals surface area contributed by atoms with Crippen molar-refractivity contribution in [2.24, 2.45) is 0 Å². The van der Waals surface area contributed by atoms with Gasteiger partial charge in [-0.3, -0.25) is 4.79 Å². The molecule has 0 bridgehead atoms. The minimum Gasteiger partial charge on any atom is -0.496 e. The standard InChI is InChI=1S/C21H25NO5S/c1-3-4-11-27-21(24)19-8-7-18(28-19)15-5-6-16(17(14-15)25-2)20(23)22-9-12-26-13-10-22/h5-8,14H,3-4,9-13H2,1-2H3. The van der Waals surface area contributed by atoms with Crippen molar-refractivity contribution < 1.29 is 23.8 Å². The fourth-order valence-electron chi connectivity index (χ4n) is 2.94. The van der Waals surface area contributed by atoms with Crippen LogP contribution in [-0.2, 0) is 9.47 Å². The van der Waals surface area contributed by atoms with Crippen molar-refractivity contribution >= 4 is 23.2 Å². The summed E-state index contributed by atoms with van der Waals surface area (Å²) in [5.74, 6) is 0.170. The number of carbonyl (C=O) groups excluding carboxylic acids is 2. The highest BCUT2D eigenvalue weighted by Crippen LogP contribution is 2.33. The third kappa shape index (κ3) is 4.72. The molecule has 0 N–H and O–H groups in total. The summed E-state index contributed by atoms with van der Waals surface area (Å²) in [5.41, 5.74) is 1.43. The Bertz CT molecular complexity index is 826. The van der Waals surface area contributed by atoms with Crippen molar-refractivity contribution in [1.29, 1.82) is 0 Å². The lowest BCUT2D eigenvalue weighted by Crippen LogP contribution is -2.40. The van der Waals surface area contributed by atoms with Crippen LogP contribution in [0.3, 0.4) is 0 Å². The molecule has 150 valence electrons. The molecule has 2 aromatic rings. The van der Waals surface area contributed by atoms with Gasteiger partial charge in [0.25, 0.3) is 5.91 Å². The van der Waals surface area contributed by atoms with Crippen LogP contribution in [0.4, 0.5) is 0 Å². The maximum absolute atomic E-state index is 12.8. The number of methoxy groups -OCH3 is 1. The first kappa shape index (κ1) is 20.4. The first-order chi connectivity index (χ1) is 13.6. The molecule has 0 aliphatic carbocycles. The number of amides is 1. The Morgan fingerprint density at radius 1 is 1.18 bits per heavy atom. The number of hydrogen-bond donors (Lipinski definition) is 0. The Hall–Kier alpha value is -2.38. The van der Waals surface area contributed by atoms with Crippen LogP contribution in [0, 0.1) is 0 Å². The van der Waals surface area contributed by atoms with Crippen molar-refractivity contribution in [1.82, 2.24) is 4.90 Å². The molecule has 1 amide bonds. The number of morpholine rings is 1. The summed E-state index contributed by atoms with van der Waals surface area (Å²) in [6.45, 7) is 4.76. The summed E-state index contributed by atoms with van der Waals surface area (Å²) in [4.78, 5) is 28.2. The van der Waals surface area contributed by atoms with Gasteiger partial charge in [-0.1, -0.05) is 19.4 Å². The molecule has 28 heavy (non-hydrogen) atoms. The third-order valence-corrected chi connectivity index (χ3v) is 5.67. The quantitative estimate of drug-likeness (QED) is 0.519. The molecule has 1 aliphatic heterocycles. The Morgan fingerprint density at radius 2 is 1.96 bits per heavy atom. The minimum absolute atomic E-state index is 0.0573. The van der Waals surface area contributed by atoms with E-state index < -0.39 is 0 Å². The Balaban J connectivity index is 1.76. The molecule has 1 aromatic carbocycles. The number of esters is 1. The molecule has 1 aromatic heterocycles. The van der Waals surface area contributed by atoms with E-state index >= 15 is 0 Å². The molecule has 0 spiro atoms. The lowest BCUT2D eigenvalue weighted by molar-refractivity contribution is 0.0301. The number of hydrogen-bond acceptors (Lipinski definition) is 6. The molecule has 0 saturated carbocycles. The molecule has 0 radical (unpaired) electrons. The maximum atomic E-state index is 12.8. The molecule has 6 nitrogen and oxygen atoms in total. The maximum Gasteiger partial charge on any atom is 0.348 e. The predicted octanol–water partition coefficient (Wildman–Crippen LogP) is 3.85. The molecule has 1 saturated heterocycles. The third-order valence-electron chi connectivity index (χ3n) is 4.55. The van der Waals surface area contributed by atoms with E-state index in [9.17, 15) is 9.59 Å². The van der Waals surface area contributed by atoms with Gasteiger partial charge in [0, 0.05) is 18.0 Å². The highest BCUT2D eigenvalue weighted by Gasteiger charge is 2.22. The van der Waals surface area contributed by atoms with Crippen LogP contribution in [0.1, 0.15) is 39.8 Å². The predicted molar refractivity (Wildman–Crippen MR) is 108 cm³/mol. The monoisotopic (exact) mass is 403 g/mol. The molecule has 0 atom stereocenters. The second kappa shape index (κ2) is 9.71. The van der Waals surface area contributed by atoms with E-state index in [1.165, 1.54) is 11.3 Å². The second-order valence-corrected chi connectivity index (χ2v) is 7.56.